The van der Waals surface area contributed by atoms with Gasteiger partial charge in [-0.1, -0.05) is 29.3 Å². The smallest absolute Gasteiger partial charge is 0.256 e. The third-order valence-electron chi connectivity index (χ3n) is 3.67. The summed E-state index contributed by atoms with van der Waals surface area (Å²) >= 11 is 13.9. The molecule has 2 aromatic rings. The number of hydrogen-bond acceptors (Lipinski definition) is 3. The number of amides is 1. The summed E-state index contributed by atoms with van der Waals surface area (Å²) in [6.07, 6.45) is 1.96. The highest BCUT2D eigenvalue weighted by Gasteiger charge is 2.32. The molecule has 1 saturated heterocycles. The van der Waals surface area contributed by atoms with Crippen molar-refractivity contribution in [3.05, 3.63) is 50.1 Å². The molecule has 0 spiro atoms. The number of nitrogen functional groups attached to an aromatic ring is 1. The molecule has 1 fully saturated rings. The first-order valence-electron chi connectivity index (χ1n) is 6.67. The fraction of sp³-hybridized carbons (Fsp3) is 0.267. The molecule has 3 nitrogen and oxygen atoms in total. The van der Waals surface area contributed by atoms with Crippen LogP contribution in [0, 0.1) is 0 Å². The maximum absolute atomic E-state index is 12.8. The topological polar surface area (TPSA) is 46.3 Å². The fourth-order valence-electron chi connectivity index (χ4n) is 2.71. The number of rotatable bonds is 2. The van der Waals surface area contributed by atoms with Crippen LogP contribution in [0.5, 0.6) is 0 Å². The van der Waals surface area contributed by atoms with Crippen molar-refractivity contribution in [3.8, 4) is 0 Å². The normalized spacial score (nSPS) is 18.2. The summed E-state index contributed by atoms with van der Waals surface area (Å²) < 4.78 is 0. The Hall–Kier alpha value is -1.23. The van der Waals surface area contributed by atoms with Crippen molar-refractivity contribution < 1.29 is 4.79 Å². The van der Waals surface area contributed by atoms with E-state index in [2.05, 4.69) is 6.07 Å². The number of anilines is 1. The lowest BCUT2D eigenvalue weighted by Crippen LogP contribution is -2.30. The van der Waals surface area contributed by atoms with Crippen LogP contribution in [0.1, 0.15) is 34.1 Å². The third kappa shape index (κ3) is 2.76. The second kappa shape index (κ2) is 5.87. The predicted molar refractivity (Wildman–Crippen MR) is 88.2 cm³/mol. The third-order valence-corrected chi connectivity index (χ3v) is 5.44. The predicted octanol–water partition coefficient (Wildman–Crippen LogP) is 4.61. The number of hydrogen-bond donors (Lipinski definition) is 1. The average Bonchev–Trinajstić information content (AvgIpc) is 3.11. The number of carbonyl (C=O) groups excluding carboxylic acids is 1. The monoisotopic (exact) mass is 340 g/mol. The Bertz CT molecular complexity index is 673. The Morgan fingerprint density at radius 3 is 2.90 bits per heavy atom. The quantitative estimate of drug-likeness (QED) is 0.811. The maximum Gasteiger partial charge on any atom is 0.256 e. The molecule has 1 amide bonds. The second-order valence-corrected chi connectivity index (χ2v) is 6.80. The molecule has 21 heavy (non-hydrogen) atoms. The van der Waals surface area contributed by atoms with Crippen LogP contribution in [0.2, 0.25) is 10.0 Å². The van der Waals surface area contributed by atoms with Gasteiger partial charge in [0.25, 0.3) is 5.91 Å². The van der Waals surface area contributed by atoms with Crippen LogP contribution in [0.25, 0.3) is 0 Å². The number of carbonyl (C=O) groups is 1. The summed E-state index contributed by atoms with van der Waals surface area (Å²) in [5.41, 5.74) is 6.61. The van der Waals surface area contributed by atoms with Crippen molar-refractivity contribution in [2.75, 3.05) is 12.3 Å². The Morgan fingerprint density at radius 2 is 2.19 bits per heavy atom. The van der Waals surface area contributed by atoms with Crippen LogP contribution < -0.4 is 5.73 Å². The fourth-order valence-corrected chi connectivity index (χ4v) is 4.00. The molecular weight excluding hydrogens is 327 g/mol. The summed E-state index contributed by atoms with van der Waals surface area (Å²) in [5.74, 6) is -0.106. The van der Waals surface area contributed by atoms with E-state index in [1.807, 2.05) is 16.3 Å². The van der Waals surface area contributed by atoms with Crippen LogP contribution in [-0.2, 0) is 0 Å². The molecule has 1 aromatic heterocycles. The van der Waals surface area contributed by atoms with Crippen LogP contribution in [0.15, 0.2) is 29.6 Å². The van der Waals surface area contributed by atoms with Gasteiger partial charge < -0.3 is 10.6 Å². The van der Waals surface area contributed by atoms with Crippen molar-refractivity contribution in [2.45, 2.75) is 18.9 Å². The summed E-state index contributed by atoms with van der Waals surface area (Å²) in [6, 6.07) is 7.34. The number of nitrogens with two attached hydrogens (primary N) is 1. The van der Waals surface area contributed by atoms with E-state index in [0.717, 1.165) is 19.4 Å². The Balaban J connectivity index is 1.95. The summed E-state index contributed by atoms with van der Waals surface area (Å²) in [4.78, 5) is 15.9. The molecule has 1 aliphatic rings. The van der Waals surface area contributed by atoms with E-state index in [9.17, 15) is 4.79 Å². The minimum Gasteiger partial charge on any atom is -0.399 e. The van der Waals surface area contributed by atoms with Crippen molar-refractivity contribution >= 4 is 46.1 Å². The molecule has 1 unspecified atom stereocenters. The lowest BCUT2D eigenvalue weighted by atomic mass is 10.1. The van der Waals surface area contributed by atoms with E-state index in [0.29, 0.717) is 16.3 Å². The molecule has 1 aliphatic heterocycles. The molecule has 1 atom stereocenters. The number of nitrogens with zero attached hydrogens (tertiary/aromatic N) is 1. The molecule has 2 heterocycles. The minimum absolute atomic E-state index is 0.106. The van der Waals surface area contributed by atoms with Gasteiger partial charge in [0.15, 0.2) is 0 Å². The molecule has 0 aliphatic carbocycles. The molecule has 110 valence electrons. The zero-order valence-electron chi connectivity index (χ0n) is 11.2. The summed E-state index contributed by atoms with van der Waals surface area (Å²) in [6.45, 7) is 0.726. The molecule has 0 saturated carbocycles. The van der Waals surface area contributed by atoms with Gasteiger partial charge in [-0.2, -0.15) is 0 Å². The minimum atomic E-state index is -0.106. The first-order valence-corrected chi connectivity index (χ1v) is 8.30. The summed E-state index contributed by atoms with van der Waals surface area (Å²) in [5, 5.41) is 2.61. The van der Waals surface area contributed by atoms with Gasteiger partial charge in [-0.25, -0.2) is 0 Å². The van der Waals surface area contributed by atoms with Gasteiger partial charge in [0.2, 0.25) is 0 Å². The van der Waals surface area contributed by atoms with E-state index in [1.165, 1.54) is 4.88 Å². The molecule has 2 N–H and O–H groups in total. The van der Waals surface area contributed by atoms with E-state index in [1.54, 1.807) is 23.5 Å². The standard InChI is InChI=1S/C15H14Cl2N2OS/c16-11-8-9(18)7-10(14(11)17)15(20)19-5-1-3-12(19)13-4-2-6-21-13/h2,4,6-8,12H,1,3,5,18H2. The lowest BCUT2D eigenvalue weighted by Gasteiger charge is -2.24. The molecule has 0 bridgehead atoms. The van der Waals surface area contributed by atoms with Gasteiger partial charge in [-0.3, -0.25) is 4.79 Å². The SMILES string of the molecule is Nc1cc(Cl)c(Cl)c(C(=O)N2CCCC2c2cccs2)c1. The zero-order valence-corrected chi connectivity index (χ0v) is 13.5. The van der Waals surface area contributed by atoms with Crippen LogP contribution in [0.4, 0.5) is 5.69 Å². The van der Waals surface area contributed by atoms with Gasteiger partial charge in [0.05, 0.1) is 21.7 Å². The lowest BCUT2D eigenvalue weighted by molar-refractivity contribution is 0.0738. The van der Waals surface area contributed by atoms with Gasteiger partial charge in [-0.05, 0) is 36.4 Å². The van der Waals surface area contributed by atoms with Gasteiger partial charge in [0.1, 0.15) is 0 Å². The van der Waals surface area contributed by atoms with E-state index >= 15 is 0 Å². The second-order valence-electron chi connectivity index (χ2n) is 5.04. The average molecular weight is 341 g/mol. The number of thiophene rings is 1. The Kier molecular flexibility index (Phi) is 4.11. The van der Waals surface area contributed by atoms with E-state index < -0.39 is 0 Å². The van der Waals surface area contributed by atoms with Crippen LogP contribution in [-0.4, -0.2) is 17.4 Å². The van der Waals surface area contributed by atoms with Crippen molar-refractivity contribution in [3.63, 3.8) is 0 Å². The molecule has 6 heteroatoms. The molecular formula is C15H14Cl2N2OS. The van der Waals surface area contributed by atoms with Gasteiger partial charge >= 0.3 is 0 Å². The van der Waals surface area contributed by atoms with E-state index in [-0.39, 0.29) is 17.0 Å². The van der Waals surface area contributed by atoms with Crippen LogP contribution >= 0.6 is 34.5 Å². The van der Waals surface area contributed by atoms with E-state index in [4.69, 9.17) is 28.9 Å². The number of halogens is 2. The molecule has 1 aromatic carbocycles. The largest absolute Gasteiger partial charge is 0.399 e. The molecule has 3 rings (SSSR count). The maximum atomic E-state index is 12.8. The van der Waals surface area contributed by atoms with Crippen LogP contribution in [0.3, 0.4) is 0 Å². The van der Waals surface area contributed by atoms with Gasteiger partial charge in [0, 0.05) is 17.1 Å². The van der Waals surface area contributed by atoms with Crippen molar-refractivity contribution in [1.29, 1.82) is 0 Å². The molecule has 0 radical (unpaired) electrons. The Morgan fingerprint density at radius 1 is 1.38 bits per heavy atom. The number of benzene rings is 1. The Labute approximate surface area is 137 Å². The van der Waals surface area contributed by atoms with Crippen molar-refractivity contribution in [2.24, 2.45) is 0 Å². The number of likely N-dealkylation sites (tertiary alicyclic amines) is 1. The first-order chi connectivity index (χ1) is 10.1. The highest BCUT2D eigenvalue weighted by molar-refractivity contribution is 7.10. The highest BCUT2D eigenvalue weighted by atomic mass is 35.5. The van der Waals surface area contributed by atoms with Gasteiger partial charge in [-0.15, -0.1) is 11.3 Å². The summed E-state index contributed by atoms with van der Waals surface area (Å²) in [7, 11) is 0. The zero-order chi connectivity index (χ0) is 15.0. The van der Waals surface area contributed by atoms with Crippen molar-refractivity contribution in [1.82, 2.24) is 4.90 Å². The highest BCUT2D eigenvalue weighted by Crippen LogP contribution is 2.37. The first kappa shape index (κ1) is 14.7.